The van der Waals surface area contributed by atoms with Crippen LogP contribution in [0.2, 0.25) is 0 Å². The average Bonchev–Trinajstić information content (AvgIpc) is 2.68. The molecular formula is C15H21NO3S. The molecule has 1 aromatic carbocycles. The van der Waals surface area contributed by atoms with E-state index in [1.54, 1.807) is 12.1 Å². The molecule has 0 bridgehead atoms. The molecule has 0 heterocycles. The summed E-state index contributed by atoms with van der Waals surface area (Å²) in [5, 5.41) is 0. The van der Waals surface area contributed by atoms with E-state index in [1.807, 2.05) is 0 Å². The maximum absolute atomic E-state index is 12.3. The molecule has 1 fully saturated rings. The van der Waals surface area contributed by atoms with Crippen molar-refractivity contribution in [1.82, 2.24) is 4.72 Å². The van der Waals surface area contributed by atoms with Crippen LogP contribution in [0.1, 0.15) is 50.4 Å². The van der Waals surface area contributed by atoms with E-state index in [0.717, 1.165) is 19.3 Å². The van der Waals surface area contributed by atoms with Crippen molar-refractivity contribution in [3.05, 3.63) is 29.8 Å². The van der Waals surface area contributed by atoms with Gasteiger partial charge in [-0.2, -0.15) is 0 Å². The van der Waals surface area contributed by atoms with Crippen molar-refractivity contribution in [3.8, 4) is 0 Å². The van der Waals surface area contributed by atoms with Gasteiger partial charge in [0, 0.05) is 11.6 Å². The molecule has 5 heteroatoms. The highest BCUT2D eigenvalue weighted by Gasteiger charge is 2.33. The van der Waals surface area contributed by atoms with Crippen LogP contribution in [-0.4, -0.2) is 20.2 Å². The number of carbonyl (C=O) groups is 1. The zero-order chi connectivity index (χ0) is 15.0. The monoisotopic (exact) mass is 295 g/mol. The van der Waals surface area contributed by atoms with Crippen molar-refractivity contribution in [2.45, 2.75) is 51.0 Å². The number of ketones is 1. The molecule has 0 aromatic heterocycles. The lowest BCUT2D eigenvalue weighted by Crippen LogP contribution is -2.33. The summed E-state index contributed by atoms with van der Waals surface area (Å²) < 4.78 is 27.3. The van der Waals surface area contributed by atoms with Crippen LogP contribution >= 0.6 is 0 Å². The number of hydrogen-bond donors (Lipinski definition) is 1. The lowest BCUT2D eigenvalue weighted by molar-refractivity contribution is 0.101. The second kappa shape index (κ2) is 5.30. The standard InChI is InChI=1S/C15H21NO3S/c1-11(17)12-4-6-14(7-5-12)20(18,19)16-13-8-9-15(2,3)10-13/h4-7,13,16H,8-10H2,1-3H3. The summed E-state index contributed by atoms with van der Waals surface area (Å²) in [6, 6.07) is 6.08. The molecule has 1 unspecified atom stereocenters. The Bertz CT molecular complexity index is 603. The van der Waals surface area contributed by atoms with Gasteiger partial charge in [0.25, 0.3) is 0 Å². The predicted octanol–water partition coefficient (Wildman–Crippen LogP) is 2.75. The van der Waals surface area contributed by atoms with E-state index in [1.165, 1.54) is 19.1 Å². The molecule has 0 aliphatic heterocycles. The van der Waals surface area contributed by atoms with Crippen LogP contribution < -0.4 is 4.72 Å². The van der Waals surface area contributed by atoms with Crippen molar-refractivity contribution < 1.29 is 13.2 Å². The second-order valence-corrected chi connectivity index (χ2v) is 8.02. The quantitative estimate of drug-likeness (QED) is 0.869. The first-order valence-corrected chi connectivity index (χ1v) is 8.31. The molecule has 0 saturated heterocycles. The Hall–Kier alpha value is -1.20. The highest BCUT2D eigenvalue weighted by Crippen LogP contribution is 2.37. The summed E-state index contributed by atoms with van der Waals surface area (Å²) >= 11 is 0. The normalized spacial score (nSPS) is 21.9. The third kappa shape index (κ3) is 3.46. The summed E-state index contributed by atoms with van der Waals surface area (Å²) in [7, 11) is -3.50. The molecule has 1 atom stereocenters. The fourth-order valence-corrected chi connectivity index (χ4v) is 3.96. The van der Waals surface area contributed by atoms with Crippen LogP contribution in [0.3, 0.4) is 0 Å². The maximum Gasteiger partial charge on any atom is 0.240 e. The molecule has 1 saturated carbocycles. The van der Waals surface area contributed by atoms with Crippen LogP contribution in [0.5, 0.6) is 0 Å². The lowest BCUT2D eigenvalue weighted by Gasteiger charge is -2.18. The van der Waals surface area contributed by atoms with E-state index < -0.39 is 10.0 Å². The second-order valence-electron chi connectivity index (χ2n) is 6.31. The molecule has 110 valence electrons. The van der Waals surface area contributed by atoms with E-state index in [-0.39, 0.29) is 22.1 Å². The number of hydrogen-bond acceptors (Lipinski definition) is 3. The van der Waals surface area contributed by atoms with Crippen LogP contribution in [0.4, 0.5) is 0 Å². The Kier molecular flexibility index (Phi) is 4.02. The highest BCUT2D eigenvalue weighted by atomic mass is 32.2. The van der Waals surface area contributed by atoms with E-state index >= 15 is 0 Å². The van der Waals surface area contributed by atoms with Crippen molar-refractivity contribution in [1.29, 1.82) is 0 Å². The number of nitrogens with one attached hydrogen (secondary N) is 1. The third-order valence-corrected chi connectivity index (χ3v) is 5.40. The molecule has 1 aliphatic carbocycles. The summed E-state index contributed by atoms with van der Waals surface area (Å²) in [5.41, 5.74) is 0.719. The van der Waals surface area contributed by atoms with Gasteiger partial charge in [-0.25, -0.2) is 13.1 Å². The third-order valence-electron chi connectivity index (χ3n) is 3.86. The van der Waals surface area contributed by atoms with Gasteiger partial charge in [0.15, 0.2) is 5.78 Å². The van der Waals surface area contributed by atoms with Crippen LogP contribution in [0.25, 0.3) is 0 Å². The first-order chi connectivity index (χ1) is 9.20. The minimum absolute atomic E-state index is 0.00230. The number of benzene rings is 1. The Morgan fingerprint density at radius 3 is 2.30 bits per heavy atom. The van der Waals surface area contributed by atoms with Crippen LogP contribution in [0, 0.1) is 5.41 Å². The largest absolute Gasteiger partial charge is 0.295 e. The van der Waals surface area contributed by atoms with Gasteiger partial charge in [-0.05, 0) is 43.7 Å². The summed E-state index contributed by atoms with van der Waals surface area (Å²) in [4.78, 5) is 11.4. The van der Waals surface area contributed by atoms with Gasteiger partial charge >= 0.3 is 0 Å². The maximum atomic E-state index is 12.3. The van der Waals surface area contributed by atoms with Crippen LogP contribution in [0.15, 0.2) is 29.2 Å². The first kappa shape index (κ1) is 15.2. The lowest BCUT2D eigenvalue weighted by atomic mass is 9.92. The SMILES string of the molecule is CC(=O)c1ccc(S(=O)(=O)NC2CCC(C)(C)C2)cc1. The summed E-state index contributed by atoms with van der Waals surface area (Å²) in [6.07, 6.45) is 2.76. The topological polar surface area (TPSA) is 63.2 Å². The highest BCUT2D eigenvalue weighted by molar-refractivity contribution is 7.89. The number of sulfonamides is 1. The molecular weight excluding hydrogens is 274 g/mol. The minimum atomic E-state index is -3.50. The molecule has 0 amide bonds. The summed E-state index contributed by atoms with van der Waals surface area (Å²) in [5.74, 6) is -0.0700. The molecule has 20 heavy (non-hydrogen) atoms. The minimum Gasteiger partial charge on any atom is -0.295 e. The van der Waals surface area contributed by atoms with Crippen molar-refractivity contribution in [3.63, 3.8) is 0 Å². The van der Waals surface area contributed by atoms with Crippen molar-refractivity contribution in [2.75, 3.05) is 0 Å². The van der Waals surface area contributed by atoms with Gasteiger partial charge < -0.3 is 0 Å². The fourth-order valence-electron chi connectivity index (χ4n) is 2.69. The number of Topliss-reactive ketones (excluding diaryl/α,β-unsaturated/α-hetero) is 1. The Morgan fingerprint density at radius 1 is 1.25 bits per heavy atom. The van der Waals surface area contributed by atoms with Gasteiger partial charge in [-0.15, -0.1) is 0 Å². The van der Waals surface area contributed by atoms with Crippen molar-refractivity contribution in [2.24, 2.45) is 5.41 Å². The predicted molar refractivity (Wildman–Crippen MR) is 78.2 cm³/mol. The van der Waals surface area contributed by atoms with Gasteiger partial charge in [0.05, 0.1) is 4.90 Å². The molecule has 1 aromatic rings. The fraction of sp³-hybridized carbons (Fsp3) is 0.533. The van der Waals surface area contributed by atoms with Gasteiger partial charge in [-0.3, -0.25) is 4.79 Å². The Balaban J connectivity index is 2.12. The van der Waals surface area contributed by atoms with E-state index in [2.05, 4.69) is 18.6 Å². The average molecular weight is 295 g/mol. The molecule has 0 radical (unpaired) electrons. The van der Waals surface area contributed by atoms with Gasteiger partial charge in [0.2, 0.25) is 10.0 Å². The van der Waals surface area contributed by atoms with Crippen LogP contribution in [-0.2, 0) is 10.0 Å². The first-order valence-electron chi connectivity index (χ1n) is 6.83. The number of carbonyl (C=O) groups excluding carboxylic acids is 1. The zero-order valence-corrected chi connectivity index (χ0v) is 13.0. The van der Waals surface area contributed by atoms with E-state index in [0.29, 0.717) is 5.56 Å². The Morgan fingerprint density at radius 2 is 1.85 bits per heavy atom. The molecule has 1 N–H and O–H groups in total. The molecule has 0 spiro atoms. The smallest absolute Gasteiger partial charge is 0.240 e. The van der Waals surface area contributed by atoms with Crippen molar-refractivity contribution >= 4 is 15.8 Å². The zero-order valence-electron chi connectivity index (χ0n) is 12.1. The Labute approximate surface area is 120 Å². The molecule has 2 rings (SSSR count). The molecule has 1 aliphatic rings. The number of rotatable bonds is 4. The van der Waals surface area contributed by atoms with E-state index in [4.69, 9.17) is 0 Å². The van der Waals surface area contributed by atoms with Gasteiger partial charge in [0.1, 0.15) is 0 Å². The molecule has 4 nitrogen and oxygen atoms in total. The van der Waals surface area contributed by atoms with E-state index in [9.17, 15) is 13.2 Å². The van der Waals surface area contributed by atoms with Gasteiger partial charge in [-0.1, -0.05) is 26.0 Å². The summed E-state index contributed by atoms with van der Waals surface area (Å²) in [6.45, 7) is 5.77.